The molecule has 1 aliphatic rings. The average molecular weight is 543 g/mol. The number of aromatic nitrogens is 4. The molecule has 3 heterocycles. The van der Waals surface area contributed by atoms with E-state index in [4.69, 9.17) is 9.97 Å². The fourth-order valence-electron chi connectivity index (χ4n) is 4.64. The molecule has 1 atom stereocenters. The van der Waals surface area contributed by atoms with Crippen molar-refractivity contribution in [1.29, 1.82) is 0 Å². The normalized spacial score (nSPS) is 15.7. The van der Waals surface area contributed by atoms with Gasteiger partial charge in [0.15, 0.2) is 0 Å². The van der Waals surface area contributed by atoms with Gasteiger partial charge in [-0.1, -0.05) is 50.8 Å². The number of hydrogen-bond donors (Lipinski definition) is 1. The average Bonchev–Trinajstić information content (AvgIpc) is 3.30. The van der Waals surface area contributed by atoms with Gasteiger partial charge in [-0.15, -0.1) is 0 Å². The Balaban J connectivity index is 0.00000216. The van der Waals surface area contributed by atoms with Gasteiger partial charge < -0.3 is 14.8 Å². The number of piperidine rings is 1. The Bertz CT molecular complexity index is 1390. The van der Waals surface area contributed by atoms with Crippen LogP contribution >= 0.6 is 0 Å². The Morgan fingerprint density at radius 2 is 1.88 bits per heavy atom. The molecule has 1 amide bonds. The first-order valence-corrected chi connectivity index (χ1v) is 13.8. The van der Waals surface area contributed by atoms with E-state index in [1.807, 2.05) is 74.6 Å². The number of nitrogens with zero attached hydrogens (tertiary/aromatic N) is 5. The Morgan fingerprint density at radius 1 is 1.12 bits per heavy atom. The highest BCUT2D eigenvalue weighted by Crippen LogP contribution is 2.32. The standard InChI is InChI=1S/C30H33FN6O.C2H6/c1-5-9-23(10-6-2)29(38)36-19-8-11-25(20-36)34-30-32-17-16-26(35-30)28-27(22-12-14-24(31)15-13-22)33-21(4)37(28)18-7-3;1-2/h5-7,9-10,12-18,25H,1,8,11,19-20H2,2-4H3,(H,32,34,35);1-2H3/b10-6-,18-7-,23-9+;. The molecule has 3 aromatic rings. The van der Waals surface area contributed by atoms with Crippen molar-refractivity contribution in [3.63, 3.8) is 0 Å². The Hall–Kier alpha value is -4.33. The number of hydrogen-bond acceptors (Lipinski definition) is 5. The molecule has 1 unspecified atom stereocenters. The van der Waals surface area contributed by atoms with Gasteiger partial charge in [0.2, 0.25) is 5.95 Å². The number of anilines is 1. The van der Waals surface area contributed by atoms with Crippen molar-refractivity contribution in [2.75, 3.05) is 18.4 Å². The molecule has 2 aromatic heterocycles. The van der Waals surface area contributed by atoms with Crippen molar-refractivity contribution in [3.05, 3.63) is 90.7 Å². The summed E-state index contributed by atoms with van der Waals surface area (Å²) in [5.41, 5.74) is 3.61. The van der Waals surface area contributed by atoms with Crippen molar-refractivity contribution in [2.24, 2.45) is 0 Å². The summed E-state index contributed by atoms with van der Waals surface area (Å²) in [7, 11) is 0. The Labute approximate surface area is 236 Å². The molecule has 0 aliphatic carbocycles. The number of amides is 1. The molecule has 1 saturated heterocycles. The molecule has 0 spiro atoms. The molecule has 1 aromatic carbocycles. The van der Waals surface area contributed by atoms with Gasteiger partial charge in [-0.25, -0.2) is 19.3 Å². The van der Waals surface area contributed by atoms with Crippen LogP contribution in [-0.4, -0.2) is 49.5 Å². The third-order valence-electron chi connectivity index (χ3n) is 6.33. The lowest BCUT2D eigenvalue weighted by molar-refractivity contribution is -0.127. The molecule has 1 N–H and O–H groups in total. The minimum Gasteiger partial charge on any atom is -0.350 e. The van der Waals surface area contributed by atoms with Gasteiger partial charge in [-0.3, -0.25) is 4.79 Å². The summed E-state index contributed by atoms with van der Waals surface area (Å²) in [6.07, 6.45) is 14.4. The third-order valence-corrected chi connectivity index (χ3v) is 6.33. The number of carbonyl (C=O) groups is 1. The monoisotopic (exact) mass is 542 g/mol. The van der Waals surface area contributed by atoms with Crippen LogP contribution in [0, 0.1) is 12.7 Å². The van der Waals surface area contributed by atoms with Gasteiger partial charge in [0.05, 0.1) is 17.1 Å². The Morgan fingerprint density at radius 3 is 2.55 bits per heavy atom. The topological polar surface area (TPSA) is 75.9 Å². The van der Waals surface area contributed by atoms with E-state index in [9.17, 15) is 9.18 Å². The molecule has 7 nitrogen and oxygen atoms in total. The summed E-state index contributed by atoms with van der Waals surface area (Å²) >= 11 is 0. The van der Waals surface area contributed by atoms with E-state index >= 15 is 0 Å². The molecule has 210 valence electrons. The van der Waals surface area contributed by atoms with Crippen LogP contribution in [0.5, 0.6) is 0 Å². The number of halogens is 1. The maximum absolute atomic E-state index is 13.6. The maximum Gasteiger partial charge on any atom is 0.253 e. The summed E-state index contributed by atoms with van der Waals surface area (Å²) in [6.45, 7) is 14.7. The van der Waals surface area contributed by atoms with Crippen molar-refractivity contribution in [1.82, 2.24) is 24.4 Å². The predicted octanol–water partition coefficient (Wildman–Crippen LogP) is 7.06. The second-order valence-electron chi connectivity index (χ2n) is 9.07. The molecule has 4 rings (SSSR count). The van der Waals surface area contributed by atoms with Gasteiger partial charge in [-0.2, -0.15) is 0 Å². The van der Waals surface area contributed by atoms with Crippen LogP contribution in [0.4, 0.5) is 10.3 Å². The number of imidazole rings is 1. The molecule has 0 saturated carbocycles. The largest absolute Gasteiger partial charge is 0.350 e. The van der Waals surface area contributed by atoms with Gasteiger partial charge in [-0.05, 0) is 63.9 Å². The molecule has 1 fully saturated rings. The lowest BCUT2D eigenvalue weighted by Gasteiger charge is -2.33. The van der Waals surface area contributed by atoms with Crippen molar-refractivity contribution >= 4 is 18.1 Å². The minimum absolute atomic E-state index is 0.0114. The number of allylic oxidation sites excluding steroid dienone is 4. The number of rotatable bonds is 8. The third kappa shape index (κ3) is 7.20. The van der Waals surface area contributed by atoms with E-state index < -0.39 is 0 Å². The zero-order chi connectivity index (χ0) is 29.1. The van der Waals surface area contributed by atoms with E-state index in [2.05, 4.69) is 16.9 Å². The zero-order valence-electron chi connectivity index (χ0n) is 24.1. The van der Waals surface area contributed by atoms with Crippen LogP contribution in [0.1, 0.15) is 46.4 Å². The minimum atomic E-state index is -0.300. The second-order valence-corrected chi connectivity index (χ2v) is 9.07. The molecule has 0 radical (unpaired) electrons. The Kier molecular flexibility index (Phi) is 11.1. The fraction of sp³-hybridized carbons (Fsp3) is 0.312. The molecule has 1 aliphatic heterocycles. The van der Waals surface area contributed by atoms with Gasteiger partial charge in [0.25, 0.3) is 5.91 Å². The summed E-state index contributed by atoms with van der Waals surface area (Å²) < 4.78 is 15.6. The molecule has 40 heavy (non-hydrogen) atoms. The summed E-state index contributed by atoms with van der Waals surface area (Å²) in [6, 6.07) is 8.15. The van der Waals surface area contributed by atoms with E-state index in [0.29, 0.717) is 36.0 Å². The lowest BCUT2D eigenvalue weighted by Crippen LogP contribution is -2.45. The molecular weight excluding hydrogens is 503 g/mol. The highest BCUT2D eigenvalue weighted by molar-refractivity contribution is 5.96. The number of likely N-dealkylation sites (tertiary alicyclic amines) is 1. The van der Waals surface area contributed by atoms with E-state index in [1.54, 1.807) is 30.5 Å². The van der Waals surface area contributed by atoms with E-state index in [0.717, 1.165) is 29.9 Å². The van der Waals surface area contributed by atoms with Crippen LogP contribution in [0.15, 0.2) is 79.1 Å². The maximum atomic E-state index is 13.6. The number of benzene rings is 1. The first kappa shape index (κ1) is 30.2. The molecular formula is C32H39FN6O. The van der Waals surface area contributed by atoms with Crippen LogP contribution < -0.4 is 5.32 Å². The van der Waals surface area contributed by atoms with Crippen LogP contribution in [0.2, 0.25) is 0 Å². The van der Waals surface area contributed by atoms with E-state index in [1.165, 1.54) is 12.1 Å². The van der Waals surface area contributed by atoms with Crippen molar-refractivity contribution < 1.29 is 9.18 Å². The van der Waals surface area contributed by atoms with E-state index in [-0.39, 0.29) is 17.8 Å². The zero-order valence-corrected chi connectivity index (χ0v) is 24.1. The highest BCUT2D eigenvalue weighted by atomic mass is 19.1. The number of carbonyl (C=O) groups excluding carboxylic acids is 1. The lowest BCUT2D eigenvalue weighted by atomic mass is 10.0. The van der Waals surface area contributed by atoms with Gasteiger partial charge in [0, 0.05) is 42.7 Å². The highest BCUT2D eigenvalue weighted by Gasteiger charge is 2.26. The SMILES string of the molecule is C=C/C=C(\C=C/C)C(=O)N1CCCC(Nc2nccc(-c3c(-c4ccc(F)cc4)nc(C)n3/C=C\C)n2)C1.CC. The predicted molar refractivity (Wildman–Crippen MR) is 162 cm³/mol. The quantitative estimate of drug-likeness (QED) is 0.244. The number of aryl methyl sites for hydroxylation is 1. The second kappa shape index (κ2) is 14.7. The number of nitrogens with one attached hydrogen (secondary N) is 1. The van der Waals surface area contributed by atoms with Gasteiger partial charge >= 0.3 is 0 Å². The van der Waals surface area contributed by atoms with Crippen LogP contribution in [-0.2, 0) is 4.79 Å². The smallest absolute Gasteiger partial charge is 0.253 e. The summed E-state index contributed by atoms with van der Waals surface area (Å²) in [5.74, 6) is 0.953. The first-order chi connectivity index (χ1) is 19.4. The summed E-state index contributed by atoms with van der Waals surface area (Å²) in [5, 5.41) is 3.43. The van der Waals surface area contributed by atoms with Crippen molar-refractivity contribution in [3.8, 4) is 22.6 Å². The van der Waals surface area contributed by atoms with Crippen molar-refractivity contribution in [2.45, 2.75) is 53.5 Å². The fourth-order valence-corrected chi connectivity index (χ4v) is 4.64. The van der Waals surface area contributed by atoms with Gasteiger partial charge in [0.1, 0.15) is 11.6 Å². The van der Waals surface area contributed by atoms with Crippen LogP contribution in [0.3, 0.4) is 0 Å². The first-order valence-electron chi connectivity index (χ1n) is 13.8. The van der Waals surface area contributed by atoms with Crippen LogP contribution in [0.25, 0.3) is 28.8 Å². The molecule has 8 heteroatoms. The summed E-state index contributed by atoms with van der Waals surface area (Å²) in [4.78, 5) is 29.0. The molecule has 0 bridgehead atoms.